The van der Waals surface area contributed by atoms with E-state index < -0.39 is 0 Å². The van der Waals surface area contributed by atoms with Crippen LogP contribution in [0.25, 0.3) is 10.9 Å². The van der Waals surface area contributed by atoms with Crippen LogP contribution in [0.2, 0.25) is 0 Å². The van der Waals surface area contributed by atoms with Crippen molar-refractivity contribution in [1.82, 2.24) is 9.47 Å². The van der Waals surface area contributed by atoms with Crippen LogP contribution >= 0.6 is 0 Å². The van der Waals surface area contributed by atoms with Gasteiger partial charge in [-0.3, -0.25) is 9.69 Å². The van der Waals surface area contributed by atoms with E-state index in [1.807, 2.05) is 12.1 Å². The second-order valence-electron chi connectivity index (χ2n) is 6.01. The molecule has 1 aliphatic heterocycles. The Morgan fingerprint density at radius 1 is 1.30 bits per heavy atom. The third-order valence-corrected chi connectivity index (χ3v) is 4.56. The first-order chi connectivity index (χ1) is 11.2. The average Bonchev–Trinajstić information content (AvgIpc) is 2.60. The molecular formula is C18H21N3O2. The zero-order valence-electron chi connectivity index (χ0n) is 13.4. The minimum atomic E-state index is -0.0205. The third kappa shape index (κ3) is 3.44. The summed E-state index contributed by atoms with van der Waals surface area (Å²) in [6.45, 7) is 3.40. The number of ether oxygens (including phenoxy) is 1. The first-order valence-electron chi connectivity index (χ1n) is 8.00. The lowest BCUT2D eigenvalue weighted by Crippen LogP contribution is -2.41. The highest BCUT2D eigenvalue weighted by atomic mass is 16.5. The van der Waals surface area contributed by atoms with Crippen LogP contribution < -0.4 is 5.56 Å². The van der Waals surface area contributed by atoms with E-state index in [1.165, 1.54) is 0 Å². The smallest absolute Gasteiger partial charge is 0.251 e. The van der Waals surface area contributed by atoms with Crippen LogP contribution in [0.1, 0.15) is 18.4 Å². The molecule has 1 fully saturated rings. The van der Waals surface area contributed by atoms with Crippen LogP contribution in [-0.2, 0) is 11.3 Å². The van der Waals surface area contributed by atoms with E-state index in [1.54, 1.807) is 29.9 Å². The van der Waals surface area contributed by atoms with E-state index >= 15 is 0 Å². The van der Waals surface area contributed by atoms with Gasteiger partial charge in [-0.2, -0.15) is 5.26 Å². The number of fused-ring (bicyclic) bond motifs is 1. The Labute approximate surface area is 135 Å². The molecule has 0 saturated carbocycles. The van der Waals surface area contributed by atoms with E-state index in [4.69, 9.17) is 10.00 Å². The van der Waals surface area contributed by atoms with Crippen LogP contribution in [0, 0.1) is 11.3 Å². The number of rotatable bonds is 4. The van der Waals surface area contributed by atoms with Crippen molar-refractivity contribution in [2.24, 2.45) is 0 Å². The maximum Gasteiger partial charge on any atom is 0.251 e. The fourth-order valence-electron chi connectivity index (χ4n) is 3.24. The van der Waals surface area contributed by atoms with E-state index in [-0.39, 0.29) is 11.7 Å². The molecule has 3 rings (SSSR count). The van der Waals surface area contributed by atoms with E-state index in [9.17, 15) is 4.79 Å². The van der Waals surface area contributed by atoms with Crippen molar-refractivity contribution < 1.29 is 4.74 Å². The van der Waals surface area contributed by atoms with Gasteiger partial charge in [-0.25, -0.2) is 0 Å². The molecule has 1 atom stereocenters. The predicted octanol–water partition coefficient (Wildman–Crippen LogP) is 1.98. The zero-order valence-corrected chi connectivity index (χ0v) is 13.4. The topological polar surface area (TPSA) is 58.3 Å². The Bertz CT molecular complexity index is 791. The van der Waals surface area contributed by atoms with E-state index in [0.717, 1.165) is 43.4 Å². The van der Waals surface area contributed by atoms with Gasteiger partial charge in [0.05, 0.1) is 23.3 Å². The van der Waals surface area contributed by atoms with Crippen molar-refractivity contribution in [1.29, 1.82) is 5.26 Å². The summed E-state index contributed by atoms with van der Waals surface area (Å²) in [7, 11) is 1.76. The van der Waals surface area contributed by atoms with Gasteiger partial charge >= 0.3 is 0 Å². The van der Waals surface area contributed by atoms with Gasteiger partial charge < -0.3 is 9.30 Å². The molecule has 120 valence electrons. The summed E-state index contributed by atoms with van der Waals surface area (Å²) >= 11 is 0. The first kappa shape index (κ1) is 15.7. The number of pyridine rings is 1. The zero-order chi connectivity index (χ0) is 16.2. The number of piperidine rings is 1. The Hall–Kier alpha value is -2.16. The maximum atomic E-state index is 12.3. The summed E-state index contributed by atoms with van der Waals surface area (Å²) < 4.78 is 7.22. The van der Waals surface area contributed by atoms with Gasteiger partial charge in [-0.15, -0.1) is 0 Å². The summed E-state index contributed by atoms with van der Waals surface area (Å²) in [5.74, 6) is 0. The van der Waals surface area contributed by atoms with Crippen LogP contribution in [0.4, 0.5) is 0 Å². The molecule has 1 aromatic heterocycles. The summed E-state index contributed by atoms with van der Waals surface area (Å²) in [5, 5.41) is 10.1. The van der Waals surface area contributed by atoms with Gasteiger partial charge in [0.1, 0.15) is 0 Å². The molecule has 5 heteroatoms. The molecule has 2 heterocycles. The summed E-state index contributed by atoms with van der Waals surface area (Å²) in [6.07, 6.45) is 2.52. The highest BCUT2D eigenvalue weighted by Gasteiger charge is 2.19. The molecule has 1 aliphatic rings. The van der Waals surface area contributed by atoms with Gasteiger partial charge in [-0.1, -0.05) is 6.07 Å². The van der Waals surface area contributed by atoms with Gasteiger partial charge in [0, 0.05) is 32.8 Å². The lowest BCUT2D eigenvalue weighted by Gasteiger charge is -2.32. The van der Waals surface area contributed by atoms with Gasteiger partial charge in [0.25, 0.3) is 5.56 Å². The Morgan fingerprint density at radius 3 is 2.91 bits per heavy atom. The Kier molecular flexibility index (Phi) is 4.75. The molecule has 1 unspecified atom stereocenters. The van der Waals surface area contributed by atoms with Crippen LogP contribution in [0.5, 0.6) is 0 Å². The fraction of sp³-hybridized carbons (Fsp3) is 0.444. The van der Waals surface area contributed by atoms with Gasteiger partial charge in [-0.05, 0) is 43.0 Å². The highest BCUT2D eigenvalue weighted by Crippen LogP contribution is 2.15. The Balaban J connectivity index is 1.83. The molecule has 1 saturated heterocycles. The van der Waals surface area contributed by atoms with Gasteiger partial charge in [0.2, 0.25) is 0 Å². The molecular weight excluding hydrogens is 290 g/mol. The van der Waals surface area contributed by atoms with Crippen molar-refractivity contribution in [3.05, 3.63) is 46.2 Å². The number of benzene rings is 1. The number of hydrogen-bond acceptors (Lipinski definition) is 4. The molecule has 1 aromatic carbocycles. The minimum absolute atomic E-state index is 0.0205. The van der Waals surface area contributed by atoms with Crippen molar-refractivity contribution >= 4 is 10.9 Å². The average molecular weight is 311 g/mol. The first-order valence-corrected chi connectivity index (χ1v) is 8.00. The van der Waals surface area contributed by atoms with E-state index in [0.29, 0.717) is 12.1 Å². The van der Waals surface area contributed by atoms with E-state index in [2.05, 4.69) is 11.0 Å². The van der Waals surface area contributed by atoms with Crippen molar-refractivity contribution in [2.45, 2.75) is 25.5 Å². The lowest BCUT2D eigenvalue weighted by atomic mass is 10.1. The largest absolute Gasteiger partial charge is 0.380 e. The molecule has 0 N–H and O–H groups in total. The molecule has 0 amide bonds. The standard InChI is InChI=1S/C18H21N3O2/c1-23-16-3-2-8-20(13-16)9-10-21-17-11-14(12-19)4-5-15(17)6-7-18(21)22/h4-7,11,16H,2-3,8-10,13H2,1H3. The molecule has 0 spiro atoms. The Morgan fingerprint density at radius 2 is 2.13 bits per heavy atom. The fourth-order valence-corrected chi connectivity index (χ4v) is 3.24. The molecule has 0 aliphatic carbocycles. The van der Waals surface area contributed by atoms with Crippen molar-refractivity contribution in [2.75, 3.05) is 26.7 Å². The van der Waals surface area contributed by atoms with Gasteiger partial charge in [0.15, 0.2) is 0 Å². The SMILES string of the molecule is COC1CCCN(CCn2c(=O)ccc3ccc(C#N)cc32)C1. The number of hydrogen-bond donors (Lipinski definition) is 0. The number of aromatic nitrogens is 1. The number of nitrogens with zero attached hydrogens (tertiary/aromatic N) is 3. The maximum absolute atomic E-state index is 12.3. The number of nitriles is 1. The molecule has 2 aromatic rings. The van der Waals surface area contributed by atoms with Crippen LogP contribution in [-0.4, -0.2) is 42.3 Å². The van der Waals surface area contributed by atoms with Crippen LogP contribution in [0.15, 0.2) is 35.1 Å². The second-order valence-corrected chi connectivity index (χ2v) is 6.01. The second kappa shape index (κ2) is 6.95. The van der Waals surface area contributed by atoms with Crippen LogP contribution in [0.3, 0.4) is 0 Å². The normalized spacial score (nSPS) is 18.9. The monoisotopic (exact) mass is 311 g/mol. The van der Waals surface area contributed by atoms with Crippen molar-refractivity contribution in [3.8, 4) is 6.07 Å². The molecule has 5 nitrogen and oxygen atoms in total. The molecule has 0 bridgehead atoms. The minimum Gasteiger partial charge on any atom is -0.380 e. The van der Waals surface area contributed by atoms with Crippen molar-refractivity contribution in [3.63, 3.8) is 0 Å². The predicted molar refractivity (Wildman–Crippen MR) is 89.4 cm³/mol. The summed E-state index contributed by atoms with van der Waals surface area (Å²) in [5.41, 5.74) is 1.39. The summed E-state index contributed by atoms with van der Waals surface area (Å²) in [4.78, 5) is 14.6. The lowest BCUT2D eigenvalue weighted by molar-refractivity contribution is 0.0303. The molecule has 23 heavy (non-hydrogen) atoms. The quantitative estimate of drug-likeness (QED) is 0.866. The number of likely N-dealkylation sites (tertiary alicyclic amines) is 1. The molecule has 0 radical (unpaired) electrons. The number of methoxy groups -OCH3 is 1. The highest BCUT2D eigenvalue weighted by molar-refractivity contribution is 5.80. The summed E-state index contributed by atoms with van der Waals surface area (Å²) in [6, 6.07) is 11.0. The third-order valence-electron chi connectivity index (χ3n) is 4.56.